The highest BCUT2D eigenvalue weighted by Gasteiger charge is 2.28. The van der Waals surface area contributed by atoms with Crippen molar-refractivity contribution in [2.45, 2.75) is 6.04 Å². The number of hydrogen-bond donors (Lipinski definition) is 3. The summed E-state index contributed by atoms with van der Waals surface area (Å²) in [6, 6.07) is 2.46. The molecule has 0 aliphatic carbocycles. The van der Waals surface area contributed by atoms with Gasteiger partial charge in [-0.05, 0) is 12.1 Å². The van der Waals surface area contributed by atoms with Crippen molar-refractivity contribution in [3.63, 3.8) is 0 Å². The Morgan fingerprint density at radius 3 is 2.55 bits per heavy atom. The molecule has 0 spiro atoms. The van der Waals surface area contributed by atoms with Crippen LogP contribution in [0.1, 0.15) is 0 Å². The van der Waals surface area contributed by atoms with Crippen LogP contribution in [0.15, 0.2) is 12.1 Å². The van der Waals surface area contributed by atoms with E-state index in [-0.39, 0.29) is 22.5 Å². The van der Waals surface area contributed by atoms with Crippen molar-refractivity contribution in [1.29, 1.82) is 0 Å². The predicted molar refractivity (Wildman–Crippen MR) is 87.5 cm³/mol. The minimum atomic E-state index is -0.518. The zero-order valence-corrected chi connectivity index (χ0v) is 13.8. The molecule has 0 bridgehead atoms. The zero-order chi connectivity index (χ0) is 16.3. The maximum Gasteiger partial charge on any atom is 0.238 e. The van der Waals surface area contributed by atoms with Crippen LogP contribution in [0.3, 0.4) is 0 Å². The lowest BCUT2D eigenvalue weighted by atomic mass is 10.2. The van der Waals surface area contributed by atoms with E-state index in [9.17, 15) is 9.59 Å². The molecule has 1 unspecified atom stereocenters. The second-order valence-electron chi connectivity index (χ2n) is 4.89. The molecule has 1 heterocycles. The number of nitrogens with one attached hydrogen (secondary N) is 2. The summed E-state index contributed by atoms with van der Waals surface area (Å²) in [5.41, 5.74) is 5.64. The van der Waals surface area contributed by atoms with Crippen LogP contribution in [0.5, 0.6) is 0 Å². The van der Waals surface area contributed by atoms with E-state index in [2.05, 4.69) is 10.6 Å². The molecule has 120 valence electrons. The van der Waals surface area contributed by atoms with Gasteiger partial charge in [0.15, 0.2) is 0 Å². The topological polar surface area (TPSA) is 87.5 Å². The summed E-state index contributed by atoms with van der Waals surface area (Å²) in [5, 5.41) is 6.57. The van der Waals surface area contributed by atoms with Crippen molar-refractivity contribution >= 4 is 52.3 Å². The highest BCUT2D eigenvalue weighted by Crippen LogP contribution is 2.33. The molecule has 4 N–H and O–H groups in total. The van der Waals surface area contributed by atoms with Gasteiger partial charge >= 0.3 is 0 Å². The number of halogens is 3. The standard InChI is InChI=1S/C13H15Cl3N4O2/c14-7-3-8(15)12(9(16)4-7)19-11(21)6-20-2-1-18-5-10(20)13(17)22/h3-4,10,18H,1-2,5-6H2,(H2,17,22)(H,19,21). The van der Waals surface area contributed by atoms with E-state index in [0.29, 0.717) is 30.3 Å². The van der Waals surface area contributed by atoms with Crippen LogP contribution in [0, 0.1) is 0 Å². The Hall–Kier alpha value is -1.05. The number of amides is 2. The molecule has 1 aromatic rings. The van der Waals surface area contributed by atoms with Gasteiger partial charge in [-0.25, -0.2) is 0 Å². The molecule has 1 atom stereocenters. The molecular formula is C13H15Cl3N4O2. The van der Waals surface area contributed by atoms with E-state index in [1.165, 1.54) is 12.1 Å². The summed E-state index contributed by atoms with van der Waals surface area (Å²) in [5.74, 6) is -0.804. The summed E-state index contributed by atoms with van der Waals surface area (Å²) in [7, 11) is 0. The number of nitrogens with two attached hydrogens (primary N) is 1. The van der Waals surface area contributed by atoms with E-state index in [0.717, 1.165) is 0 Å². The van der Waals surface area contributed by atoms with Gasteiger partial charge in [0.1, 0.15) is 6.04 Å². The predicted octanol–water partition coefficient (Wildman–Crippen LogP) is 1.34. The van der Waals surface area contributed by atoms with Crippen LogP contribution in [0.25, 0.3) is 0 Å². The van der Waals surface area contributed by atoms with Gasteiger partial charge in [0.2, 0.25) is 11.8 Å². The van der Waals surface area contributed by atoms with Crippen LogP contribution in [0.2, 0.25) is 15.1 Å². The van der Waals surface area contributed by atoms with Gasteiger partial charge in [0.05, 0.1) is 22.3 Å². The maximum absolute atomic E-state index is 12.2. The van der Waals surface area contributed by atoms with Gasteiger partial charge in [-0.1, -0.05) is 34.8 Å². The average Bonchev–Trinajstić information content (AvgIpc) is 2.43. The number of nitrogens with zero attached hydrogens (tertiary/aromatic N) is 1. The lowest BCUT2D eigenvalue weighted by molar-refractivity contribution is -0.125. The third-order valence-electron chi connectivity index (χ3n) is 3.30. The molecule has 1 aromatic carbocycles. The lowest BCUT2D eigenvalue weighted by Crippen LogP contribution is -2.58. The van der Waals surface area contributed by atoms with Gasteiger partial charge in [-0.3, -0.25) is 14.5 Å². The Morgan fingerprint density at radius 1 is 1.32 bits per heavy atom. The normalized spacial score (nSPS) is 19.0. The summed E-state index contributed by atoms with van der Waals surface area (Å²) in [6.07, 6.45) is 0. The quantitative estimate of drug-likeness (QED) is 0.751. The first-order valence-electron chi connectivity index (χ1n) is 6.57. The number of primary amides is 1. The molecule has 2 rings (SSSR count). The van der Waals surface area contributed by atoms with Crippen LogP contribution in [0.4, 0.5) is 5.69 Å². The van der Waals surface area contributed by atoms with Gasteiger partial charge in [0, 0.05) is 24.7 Å². The van der Waals surface area contributed by atoms with Gasteiger partial charge in [0.25, 0.3) is 0 Å². The Bertz CT molecular complexity index is 574. The monoisotopic (exact) mass is 364 g/mol. The van der Waals surface area contributed by atoms with E-state index >= 15 is 0 Å². The highest BCUT2D eigenvalue weighted by atomic mass is 35.5. The molecule has 0 aromatic heterocycles. The van der Waals surface area contributed by atoms with Gasteiger partial charge < -0.3 is 16.4 Å². The number of carbonyl (C=O) groups is 2. The van der Waals surface area contributed by atoms with Crippen LogP contribution >= 0.6 is 34.8 Å². The Labute approximate surface area is 142 Å². The Kier molecular flexibility index (Phi) is 5.88. The number of rotatable bonds is 4. The number of anilines is 1. The molecule has 6 nitrogen and oxygen atoms in total. The summed E-state index contributed by atoms with van der Waals surface area (Å²) >= 11 is 17.9. The fourth-order valence-electron chi connectivity index (χ4n) is 2.24. The van der Waals surface area contributed by atoms with Crippen molar-refractivity contribution in [3.8, 4) is 0 Å². The lowest BCUT2D eigenvalue weighted by Gasteiger charge is -2.33. The van der Waals surface area contributed by atoms with Gasteiger partial charge in [-0.15, -0.1) is 0 Å². The van der Waals surface area contributed by atoms with Crippen molar-refractivity contribution in [1.82, 2.24) is 10.2 Å². The van der Waals surface area contributed by atoms with Crippen LogP contribution in [-0.4, -0.2) is 48.9 Å². The number of carbonyl (C=O) groups excluding carboxylic acids is 2. The van der Waals surface area contributed by atoms with Crippen LogP contribution < -0.4 is 16.4 Å². The fraction of sp³-hybridized carbons (Fsp3) is 0.385. The smallest absolute Gasteiger partial charge is 0.238 e. The van der Waals surface area contributed by atoms with E-state index in [1.807, 2.05) is 0 Å². The first-order valence-corrected chi connectivity index (χ1v) is 7.70. The van der Waals surface area contributed by atoms with Crippen molar-refractivity contribution in [2.75, 3.05) is 31.5 Å². The van der Waals surface area contributed by atoms with E-state index in [4.69, 9.17) is 40.5 Å². The molecule has 9 heteroatoms. The molecule has 1 aliphatic heterocycles. The van der Waals surface area contributed by atoms with E-state index < -0.39 is 11.9 Å². The second kappa shape index (κ2) is 7.48. The SMILES string of the molecule is NC(=O)C1CNCCN1CC(=O)Nc1c(Cl)cc(Cl)cc1Cl. The first-order chi connectivity index (χ1) is 10.4. The third kappa shape index (κ3) is 4.24. The Morgan fingerprint density at radius 2 is 1.95 bits per heavy atom. The maximum atomic E-state index is 12.2. The molecule has 0 radical (unpaired) electrons. The number of hydrogen-bond acceptors (Lipinski definition) is 4. The zero-order valence-electron chi connectivity index (χ0n) is 11.5. The molecule has 1 aliphatic rings. The van der Waals surface area contributed by atoms with Gasteiger partial charge in [-0.2, -0.15) is 0 Å². The first kappa shape index (κ1) is 17.3. The second-order valence-corrected chi connectivity index (χ2v) is 6.14. The molecule has 2 amide bonds. The van der Waals surface area contributed by atoms with Crippen molar-refractivity contribution in [2.24, 2.45) is 5.73 Å². The van der Waals surface area contributed by atoms with E-state index in [1.54, 1.807) is 4.90 Å². The Balaban J connectivity index is 2.05. The van der Waals surface area contributed by atoms with Crippen molar-refractivity contribution < 1.29 is 9.59 Å². The molecule has 22 heavy (non-hydrogen) atoms. The number of piperazine rings is 1. The minimum absolute atomic E-state index is 0.0184. The highest BCUT2D eigenvalue weighted by molar-refractivity contribution is 6.42. The summed E-state index contributed by atoms with van der Waals surface area (Å²) < 4.78 is 0. The summed E-state index contributed by atoms with van der Waals surface area (Å²) in [6.45, 7) is 1.66. The van der Waals surface area contributed by atoms with Crippen molar-refractivity contribution in [3.05, 3.63) is 27.2 Å². The molecule has 1 fully saturated rings. The van der Waals surface area contributed by atoms with Crippen LogP contribution in [-0.2, 0) is 9.59 Å². The average molecular weight is 366 g/mol. The number of benzene rings is 1. The molecular weight excluding hydrogens is 351 g/mol. The largest absolute Gasteiger partial charge is 0.368 e. The fourth-order valence-corrected chi connectivity index (χ4v) is 3.15. The summed E-state index contributed by atoms with van der Waals surface area (Å²) in [4.78, 5) is 25.3. The molecule has 1 saturated heterocycles. The molecule has 0 saturated carbocycles. The third-order valence-corrected chi connectivity index (χ3v) is 4.12. The minimum Gasteiger partial charge on any atom is -0.368 e.